The molecule has 0 fully saturated rings. The summed E-state index contributed by atoms with van der Waals surface area (Å²) in [6.07, 6.45) is -4.74. The fourth-order valence-electron chi connectivity index (χ4n) is 1.05. The van der Waals surface area contributed by atoms with Crippen molar-refractivity contribution < 1.29 is 23.1 Å². The van der Waals surface area contributed by atoms with Crippen LogP contribution in [0.2, 0.25) is 0 Å². The maximum atomic E-state index is 12.0. The molecule has 1 aromatic carbocycles. The average molecular weight is 328 g/mol. The molecule has 1 aromatic rings. The molecule has 0 bridgehead atoms. The Balaban J connectivity index is 2.73. The van der Waals surface area contributed by atoms with Crippen LogP contribution in [0.5, 0.6) is 5.75 Å². The third-order valence-electron chi connectivity index (χ3n) is 1.76. The van der Waals surface area contributed by atoms with Gasteiger partial charge < -0.3 is 21.0 Å². The Morgan fingerprint density at radius 1 is 1.50 bits per heavy atom. The molecule has 100 valence electrons. The number of anilines is 1. The second-order valence-corrected chi connectivity index (χ2v) is 3.99. The first-order valence-corrected chi connectivity index (χ1v) is 5.36. The van der Waals surface area contributed by atoms with Gasteiger partial charge >= 0.3 is 6.36 Å². The van der Waals surface area contributed by atoms with Gasteiger partial charge in [0.1, 0.15) is 5.75 Å². The van der Waals surface area contributed by atoms with Crippen molar-refractivity contribution in [3.05, 3.63) is 22.7 Å². The van der Waals surface area contributed by atoms with E-state index in [1.54, 1.807) is 0 Å². The van der Waals surface area contributed by atoms with E-state index in [0.717, 1.165) is 6.07 Å². The summed E-state index contributed by atoms with van der Waals surface area (Å²) < 4.78 is 39.9. The van der Waals surface area contributed by atoms with Crippen LogP contribution in [0, 0.1) is 0 Å². The first-order valence-electron chi connectivity index (χ1n) is 4.57. The highest BCUT2D eigenvalue weighted by atomic mass is 79.9. The number of nitrogens with one attached hydrogen (secondary N) is 1. The van der Waals surface area contributed by atoms with Crippen molar-refractivity contribution >= 4 is 27.5 Å². The highest BCUT2D eigenvalue weighted by Crippen LogP contribution is 2.32. The Labute approximate surface area is 109 Å². The number of hydrogen-bond donors (Lipinski definition) is 3. The molecule has 0 heterocycles. The normalized spacial score (nSPS) is 12.3. The molecule has 0 aliphatic carbocycles. The van der Waals surface area contributed by atoms with E-state index in [1.807, 2.05) is 0 Å². The van der Waals surface area contributed by atoms with E-state index >= 15 is 0 Å². The summed E-state index contributed by atoms with van der Waals surface area (Å²) in [5.41, 5.74) is 5.71. The molecule has 1 rings (SSSR count). The second-order valence-electron chi connectivity index (χ2n) is 3.14. The van der Waals surface area contributed by atoms with Gasteiger partial charge in [-0.1, -0.05) is 5.16 Å². The van der Waals surface area contributed by atoms with Gasteiger partial charge in [0.05, 0.1) is 11.0 Å². The Hall–Kier alpha value is -1.64. The van der Waals surface area contributed by atoms with E-state index in [1.165, 1.54) is 12.1 Å². The van der Waals surface area contributed by atoms with Gasteiger partial charge in [-0.3, -0.25) is 0 Å². The molecule has 0 atom stereocenters. The zero-order valence-electron chi connectivity index (χ0n) is 8.83. The highest BCUT2D eigenvalue weighted by Gasteiger charge is 2.31. The van der Waals surface area contributed by atoms with Crippen LogP contribution in [-0.2, 0) is 0 Å². The predicted molar refractivity (Wildman–Crippen MR) is 62.7 cm³/mol. The van der Waals surface area contributed by atoms with Crippen molar-refractivity contribution in [3.8, 4) is 5.75 Å². The monoisotopic (exact) mass is 327 g/mol. The van der Waals surface area contributed by atoms with E-state index in [4.69, 9.17) is 10.9 Å². The van der Waals surface area contributed by atoms with Crippen molar-refractivity contribution in [1.29, 1.82) is 0 Å². The van der Waals surface area contributed by atoms with Crippen LogP contribution in [0.1, 0.15) is 0 Å². The van der Waals surface area contributed by atoms with E-state index in [0.29, 0.717) is 5.69 Å². The summed E-state index contributed by atoms with van der Waals surface area (Å²) >= 11 is 2.95. The number of nitrogens with two attached hydrogens (primary N) is 1. The molecule has 0 aliphatic rings. The molecule has 0 radical (unpaired) electrons. The summed E-state index contributed by atoms with van der Waals surface area (Å²) in [7, 11) is 0. The standard InChI is InChI=1S/C9H9BrF3N3O2/c10-6-3-5(15-4-8(14)16-17)1-2-7(6)18-9(11,12)13/h1-3,15,17H,4H2,(H2,14,16). The molecule has 0 saturated heterocycles. The third kappa shape index (κ3) is 4.70. The summed E-state index contributed by atoms with van der Waals surface area (Å²) in [5.74, 6) is -0.404. The molecule has 0 saturated carbocycles. The minimum Gasteiger partial charge on any atom is -0.409 e. The van der Waals surface area contributed by atoms with Crippen LogP contribution in [0.25, 0.3) is 0 Å². The minimum absolute atomic E-state index is 0.0539. The largest absolute Gasteiger partial charge is 0.573 e. The Bertz CT molecular complexity index is 451. The zero-order valence-corrected chi connectivity index (χ0v) is 10.4. The van der Waals surface area contributed by atoms with E-state index < -0.39 is 6.36 Å². The zero-order chi connectivity index (χ0) is 13.8. The SMILES string of the molecule is N/C(CNc1ccc(OC(F)(F)F)c(Br)c1)=N/O. The molecule has 5 nitrogen and oxygen atoms in total. The molecule has 0 aromatic heterocycles. The molecule has 9 heteroatoms. The molecule has 0 amide bonds. The lowest BCUT2D eigenvalue weighted by Crippen LogP contribution is -2.22. The number of oxime groups is 1. The minimum atomic E-state index is -4.74. The van der Waals surface area contributed by atoms with Gasteiger partial charge in [0, 0.05) is 5.69 Å². The summed E-state index contributed by atoms with van der Waals surface area (Å²) in [6.45, 7) is 0.0580. The first kappa shape index (κ1) is 14.4. The van der Waals surface area contributed by atoms with Gasteiger partial charge in [-0.05, 0) is 34.1 Å². The van der Waals surface area contributed by atoms with Crippen LogP contribution in [0.3, 0.4) is 0 Å². The fraction of sp³-hybridized carbons (Fsp3) is 0.222. The Kier molecular flexibility index (Phi) is 4.65. The molecular weight excluding hydrogens is 319 g/mol. The number of hydrogen-bond acceptors (Lipinski definition) is 4. The number of amidine groups is 1. The average Bonchev–Trinajstić information content (AvgIpc) is 2.27. The van der Waals surface area contributed by atoms with E-state index in [-0.39, 0.29) is 22.6 Å². The first-order chi connectivity index (χ1) is 8.31. The van der Waals surface area contributed by atoms with Gasteiger partial charge in [-0.25, -0.2) is 0 Å². The number of alkyl halides is 3. The lowest BCUT2D eigenvalue weighted by atomic mass is 10.3. The van der Waals surface area contributed by atoms with Crippen LogP contribution in [0.15, 0.2) is 27.8 Å². The quantitative estimate of drug-likeness (QED) is 0.343. The Morgan fingerprint density at radius 3 is 2.67 bits per heavy atom. The third-order valence-corrected chi connectivity index (χ3v) is 2.38. The summed E-state index contributed by atoms with van der Waals surface area (Å²) in [5, 5.41) is 13.8. The van der Waals surface area contributed by atoms with Gasteiger partial charge in [-0.2, -0.15) is 0 Å². The van der Waals surface area contributed by atoms with Gasteiger partial charge in [0.2, 0.25) is 0 Å². The van der Waals surface area contributed by atoms with Crippen molar-refractivity contribution in [2.75, 3.05) is 11.9 Å². The van der Waals surface area contributed by atoms with Crippen LogP contribution in [0.4, 0.5) is 18.9 Å². The van der Waals surface area contributed by atoms with E-state index in [2.05, 4.69) is 31.1 Å². The molecule has 18 heavy (non-hydrogen) atoms. The number of rotatable bonds is 4. The summed E-state index contributed by atoms with van der Waals surface area (Å²) in [4.78, 5) is 0. The lowest BCUT2D eigenvalue weighted by Gasteiger charge is -2.12. The summed E-state index contributed by atoms with van der Waals surface area (Å²) in [6, 6.07) is 3.90. The molecular formula is C9H9BrF3N3O2. The van der Waals surface area contributed by atoms with Crippen LogP contribution >= 0.6 is 15.9 Å². The van der Waals surface area contributed by atoms with Gasteiger partial charge in [0.15, 0.2) is 5.84 Å². The molecule has 0 aliphatic heterocycles. The Morgan fingerprint density at radius 2 is 2.17 bits per heavy atom. The highest BCUT2D eigenvalue weighted by molar-refractivity contribution is 9.10. The van der Waals surface area contributed by atoms with Crippen LogP contribution < -0.4 is 15.8 Å². The van der Waals surface area contributed by atoms with E-state index in [9.17, 15) is 13.2 Å². The van der Waals surface area contributed by atoms with Crippen molar-refractivity contribution in [3.63, 3.8) is 0 Å². The number of benzene rings is 1. The van der Waals surface area contributed by atoms with Crippen molar-refractivity contribution in [2.45, 2.75) is 6.36 Å². The smallest absolute Gasteiger partial charge is 0.409 e. The predicted octanol–water partition coefficient (Wildman–Crippen LogP) is 2.51. The molecule has 0 spiro atoms. The number of halogens is 4. The topological polar surface area (TPSA) is 79.9 Å². The fourth-order valence-corrected chi connectivity index (χ4v) is 1.51. The number of nitrogens with zero attached hydrogens (tertiary/aromatic N) is 1. The maximum Gasteiger partial charge on any atom is 0.573 e. The van der Waals surface area contributed by atoms with Crippen LogP contribution in [-0.4, -0.2) is 23.9 Å². The second kappa shape index (κ2) is 5.80. The maximum absolute atomic E-state index is 12.0. The van der Waals surface area contributed by atoms with Crippen molar-refractivity contribution in [1.82, 2.24) is 0 Å². The molecule has 0 unspecified atom stereocenters. The van der Waals surface area contributed by atoms with Gasteiger partial charge in [-0.15, -0.1) is 13.2 Å². The number of ether oxygens (including phenoxy) is 1. The molecule has 4 N–H and O–H groups in total. The lowest BCUT2D eigenvalue weighted by molar-refractivity contribution is -0.274. The van der Waals surface area contributed by atoms with Gasteiger partial charge in [0.25, 0.3) is 0 Å². The van der Waals surface area contributed by atoms with Crippen molar-refractivity contribution in [2.24, 2.45) is 10.9 Å².